The van der Waals surface area contributed by atoms with Crippen LogP contribution in [0.5, 0.6) is 5.88 Å². The lowest BCUT2D eigenvalue weighted by molar-refractivity contribution is 0.224. The first kappa shape index (κ1) is 22.6. The molecule has 0 radical (unpaired) electrons. The van der Waals surface area contributed by atoms with Gasteiger partial charge < -0.3 is 4.74 Å². The fraction of sp³-hybridized carbons (Fsp3) is 0.296. The number of hydrogen-bond acceptors (Lipinski definition) is 4. The van der Waals surface area contributed by atoms with Crippen LogP contribution >= 0.6 is 0 Å². The second-order valence-corrected chi connectivity index (χ2v) is 11.2. The highest BCUT2D eigenvalue weighted by molar-refractivity contribution is 7.90. The van der Waals surface area contributed by atoms with Gasteiger partial charge in [-0.1, -0.05) is 98.8 Å². The highest BCUT2D eigenvalue weighted by Crippen LogP contribution is 2.55. The first-order valence-electron chi connectivity index (χ1n) is 11.5. The van der Waals surface area contributed by atoms with Crippen LogP contribution in [0.4, 0.5) is 0 Å². The summed E-state index contributed by atoms with van der Waals surface area (Å²) in [5, 5.41) is 11.1. The third kappa shape index (κ3) is 3.51. The minimum absolute atomic E-state index is 0.104. The molecule has 6 nitrogen and oxygen atoms in total. The van der Waals surface area contributed by atoms with Crippen molar-refractivity contribution in [2.24, 2.45) is 16.5 Å². The van der Waals surface area contributed by atoms with E-state index < -0.39 is 15.3 Å². The largest absolute Gasteiger partial charge is 0.477 e. The van der Waals surface area contributed by atoms with E-state index >= 15 is 0 Å². The van der Waals surface area contributed by atoms with Crippen LogP contribution in [0, 0.1) is 16.1 Å². The predicted octanol–water partition coefficient (Wildman–Crippen LogP) is 5.05. The normalized spacial score (nSPS) is 20.9. The van der Waals surface area contributed by atoms with Gasteiger partial charge in [0, 0.05) is 18.9 Å². The average molecular weight is 475 g/mol. The van der Waals surface area contributed by atoms with Gasteiger partial charge in [-0.3, -0.25) is 0 Å². The zero-order valence-corrected chi connectivity index (χ0v) is 20.3. The number of nitrogens with two attached hydrogens (primary N) is 1. The number of fused-ring (bicyclic) bond motifs is 1. The topological polar surface area (TPSA) is 94.0 Å². The zero-order chi connectivity index (χ0) is 24.0. The van der Waals surface area contributed by atoms with Crippen molar-refractivity contribution in [3.05, 3.63) is 102 Å². The van der Waals surface area contributed by atoms with E-state index in [1.165, 1.54) is 0 Å². The first-order valence-corrected chi connectivity index (χ1v) is 13.2. The first-order chi connectivity index (χ1) is 16.3. The van der Waals surface area contributed by atoms with Crippen LogP contribution in [-0.2, 0) is 21.9 Å². The van der Waals surface area contributed by atoms with E-state index in [0.29, 0.717) is 24.7 Å². The smallest absolute Gasteiger partial charge is 0.231 e. The molecule has 0 saturated carbocycles. The number of nitrogens with one attached hydrogen (secondary N) is 1. The van der Waals surface area contributed by atoms with E-state index in [4.69, 9.17) is 19.8 Å². The fourth-order valence-electron chi connectivity index (χ4n) is 5.52. The number of aromatic nitrogens is 2. The van der Waals surface area contributed by atoms with Crippen molar-refractivity contribution >= 4 is 9.92 Å². The van der Waals surface area contributed by atoms with E-state index in [1.54, 1.807) is 4.68 Å². The molecule has 0 fully saturated rings. The molecular weight excluding hydrogens is 444 g/mol. The molecule has 0 spiro atoms. The molecule has 5 rings (SSSR count). The van der Waals surface area contributed by atoms with E-state index in [1.807, 2.05) is 36.4 Å². The summed E-state index contributed by atoms with van der Waals surface area (Å²) in [4.78, 5) is 0.193. The van der Waals surface area contributed by atoms with Crippen molar-refractivity contribution in [1.82, 2.24) is 9.78 Å². The van der Waals surface area contributed by atoms with Gasteiger partial charge in [0.25, 0.3) is 0 Å². The molecular formula is C27H30N4O2S. The van der Waals surface area contributed by atoms with Gasteiger partial charge in [0.2, 0.25) is 5.88 Å². The molecule has 0 amide bonds. The van der Waals surface area contributed by atoms with Crippen molar-refractivity contribution < 1.29 is 8.95 Å². The number of aryl methyl sites for hydroxylation is 1. The molecule has 176 valence electrons. The Morgan fingerprint density at radius 2 is 1.71 bits per heavy atom. The molecule has 2 aromatic carbocycles. The highest BCUT2D eigenvalue weighted by atomic mass is 32.2. The monoisotopic (exact) mass is 474 g/mol. The Morgan fingerprint density at radius 3 is 2.26 bits per heavy atom. The number of benzene rings is 2. The molecule has 3 aromatic rings. The lowest BCUT2D eigenvalue weighted by atomic mass is 9.55. The van der Waals surface area contributed by atoms with Gasteiger partial charge in [0.05, 0.1) is 12.0 Å². The maximum absolute atomic E-state index is 13.4. The number of nitrogens with zero attached hydrogens (tertiary/aromatic N) is 2. The molecule has 34 heavy (non-hydrogen) atoms. The summed E-state index contributed by atoms with van der Waals surface area (Å²) < 4.78 is 29.6. The van der Waals surface area contributed by atoms with Crippen LogP contribution in [0.3, 0.4) is 0 Å². The summed E-state index contributed by atoms with van der Waals surface area (Å²) in [6, 6.07) is 20.3. The molecule has 2 aliphatic rings. The van der Waals surface area contributed by atoms with Gasteiger partial charge in [-0.05, 0) is 16.5 Å². The Bertz CT molecular complexity index is 1320. The summed E-state index contributed by atoms with van der Waals surface area (Å²) in [6.07, 6.45) is 9.31. The molecule has 1 aliphatic carbocycles. The number of ether oxygens (including phenoxy) is 1. The third-order valence-electron chi connectivity index (χ3n) is 6.96. The molecule has 1 aromatic heterocycles. The van der Waals surface area contributed by atoms with Gasteiger partial charge in [0.15, 0.2) is 0 Å². The SMILES string of the molecule is CC1(C)C=CC=CC1C(c1ccccc1)(c1ccccc1)c1nn2c(c1S(=N)(N)=O)OCCC2. The van der Waals surface area contributed by atoms with Crippen LogP contribution < -0.4 is 9.88 Å². The van der Waals surface area contributed by atoms with Crippen LogP contribution in [-0.4, -0.2) is 20.6 Å². The minimum Gasteiger partial charge on any atom is -0.477 e. The van der Waals surface area contributed by atoms with Crippen LogP contribution in [0.1, 0.15) is 37.1 Å². The Kier molecular flexibility index (Phi) is 5.49. The number of allylic oxidation sites excluding steroid dienone is 4. The summed E-state index contributed by atoms with van der Waals surface area (Å²) in [7, 11) is -3.66. The second kappa shape index (κ2) is 8.25. The lowest BCUT2D eigenvalue weighted by Gasteiger charge is -2.47. The molecule has 2 atom stereocenters. The Labute approximate surface area is 201 Å². The molecule has 2 unspecified atom stereocenters. The summed E-state index contributed by atoms with van der Waals surface area (Å²) in [5.41, 5.74) is 1.39. The average Bonchev–Trinajstić information content (AvgIpc) is 3.22. The molecule has 3 N–H and O–H groups in total. The summed E-state index contributed by atoms with van der Waals surface area (Å²) in [5.74, 6) is 0.250. The molecule has 0 bridgehead atoms. The van der Waals surface area contributed by atoms with E-state index in [2.05, 4.69) is 62.4 Å². The van der Waals surface area contributed by atoms with Gasteiger partial charge >= 0.3 is 0 Å². The van der Waals surface area contributed by atoms with Gasteiger partial charge in [-0.15, -0.1) is 0 Å². The summed E-state index contributed by atoms with van der Waals surface area (Å²) >= 11 is 0. The second-order valence-electron chi connectivity index (χ2n) is 9.59. The van der Waals surface area contributed by atoms with Gasteiger partial charge in [0.1, 0.15) is 20.5 Å². The third-order valence-corrected chi connectivity index (χ3v) is 7.94. The van der Waals surface area contributed by atoms with Crippen molar-refractivity contribution in [3.8, 4) is 5.88 Å². The molecule has 7 heteroatoms. The van der Waals surface area contributed by atoms with Crippen LogP contribution in [0.2, 0.25) is 0 Å². The van der Waals surface area contributed by atoms with Crippen molar-refractivity contribution in [1.29, 1.82) is 4.78 Å². The molecule has 1 aliphatic heterocycles. The lowest BCUT2D eigenvalue weighted by Crippen LogP contribution is -2.45. The Morgan fingerprint density at radius 1 is 1.09 bits per heavy atom. The highest BCUT2D eigenvalue weighted by Gasteiger charge is 2.53. The maximum atomic E-state index is 13.4. The summed E-state index contributed by atoms with van der Waals surface area (Å²) in [6.45, 7) is 5.51. The fourth-order valence-corrected chi connectivity index (χ4v) is 6.43. The van der Waals surface area contributed by atoms with Crippen molar-refractivity contribution in [2.45, 2.75) is 37.1 Å². The Hall–Kier alpha value is -3.16. The number of hydrogen-bond donors (Lipinski definition) is 2. The quantitative estimate of drug-likeness (QED) is 0.542. The van der Waals surface area contributed by atoms with Crippen LogP contribution in [0.25, 0.3) is 0 Å². The predicted molar refractivity (Wildman–Crippen MR) is 134 cm³/mol. The molecule has 0 saturated heterocycles. The van der Waals surface area contributed by atoms with Crippen molar-refractivity contribution in [2.75, 3.05) is 6.61 Å². The van der Waals surface area contributed by atoms with E-state index in [9.17, 15) is 4.21 Å². The minimum atomic E-state index is -3.66. The van der Waals surface area contributed by atoms with Gasteiger partial charge in [-0.25, -0.2) is 18.8 Å². The van der Waals surface area contributed by atoms with E-state index in [-0.39, 0.29) is 16.2 Å². The maximum Gasteiger partial charge on any atom is 0.231 e. The van der Waals surface area contributed by atoms with Crippen LogP contribution in [0.15, 0.2) is 89.9 Å². The molecule has 2 heterocycles. The standard InChI is InChI=1S/C27H30N4O2S/c1-26(2)17-10-9-16-22(26)27(20-12-5-3-6-13-20,21-14-7-4-8-15-21)24-23(34(28,29)32)25-31(30-24)18-11-19-33-25/h3-10,12-17,22H,11,18-19H2,1-2H3,(H3,28,29,32). The Balaban J connectivity index is 1.98. The zero-order valence-electron chi connectivity index (χ0n) is 19.5. The van der Waals surface area contributed by atoms with Crippen molar-refractivity contribution in [3.63, 3.8) is 0 Å². The van der Waals surface area contributed by atoms with Gasteiger partial charge in [-0.2, -0.15) is 5.10 Å². The number of rotatable bonds is 5. The van der Waals surface area contributed by atoms with E-state index in [0.717, 1.165) is 17.5 Å².